The van der Waals surface area contributed by atoms with Gasteiger partial charge in [0.05, 0.1) is 4.21 Å². The average molecular weight is 287 g/mol. The van der Waals surface area contributed by atoms with E-state index < -0.39 is 11.5 Å². The number of thioether (sulfide) groups is 1. The van der Waals surface area contributed by atoms with E-state index in [1.165, 1.54) is 4.21 Å². The fraction of sp³-hybridized carbons (Fsp3) is 0.615. The Hall–Kier alpha value is -0.520. The van der Waals surface area contributed by atoms with E-state index in [9.17, 15) is 9.90 Å². The predicted molar refractivity (Wildman–Crippen MR) is 78.6 cm³/mol. The number of nitrogens with one attached hydrogen (secondary N) is 1. The monoisotopic (exact) mass is 287 g/mol. The highest BCUT2D eigenvalue weighted by atomic mass is 32.2. The summed E-state index contributed by atoms with van der Waals surface area (Å²) in [5, 5.41) is 14.3. The molecule has 0 radical (unpaired) electrons. The van der Waals surface area contributed by atoms with Crippen molar-refractivity contribution in [3.8, 4) is 0 Å². The molecule has 0 aliphatic carbocycles. The standard InChI is InChI=1S/C13H21NO2S2/c1-3-14-13(2,12(15)16)8-4-5-9-17-11-7-6-10-18-11/h6-7,10,14H,3-5,8-9H2,1-2H3,(H,15,16). The maximum absolute atomic E-state index is 11.2. The molecule has 1 aromatic rings. The predicted octanol–water partition coefficient (Wildman–Crippen LogP) is 3.46. The van der Waals surface area contributed by atoms with Gasteiger partial charge in [-0.2, -0.15) is 0 Å². The van der Waals surface area contributed by atoms with Gasteiger partial charge in [-0.25, -0.2) is 0 Å². The van der Waals surface area contributed by atoms with E-state index in [0.717, 1.165) is 18.6 Å². The summed E-state index contributed by atoms with van der Waals surface area (Å²) in [6, 6.07) is 4.18. The molecule has 0 bridgehead atoms. The first kappa shape index (κ1) is 15.5. The number of carbonyl (C=O) groups is 1. The van der Waals surface area contributed by atoms with Gasteiger partial charge < -0.3 is 10.4 Å². The molecule has 1 aromatic heterocycles. The molecular formula is C13H21NO2S2. The first-order valence-electron chi connectivity index (χ1n) is 6.23. The summed E-state index contributed by atoms with van der Waals surface area (Å²) >= 11 is 3.61. The Morgan fingerprint density at radius 3 is 2.89 bits per heavy atom. The number of likely N-dealkylation sites (N-methyl/N-ethyl adjacent to an activating group) is 1. The van der Waals surface area contributed by atoms with Crippen LogP contribution >= 0.6 is 23.1 Å². The topological polar surface area (TPSA) is 49.3 Å². The summed E-state index contributed by atoms with van der Waals surface area (Å²) in [6.45, 7) is 4.39. The number of unbranched alkanes of at least 4 members (excludes halogenated alkanes) is 1. The number of aliphatic carboxylic acids is 1. The van der Waals surface area contributed by atoms with Gasteiger partial charge in [0.1, 0.15) is 5.54 Å². The molecule has 5 heteroatoms. The number of carboxylic acids is 1. The van der Waals surface area contributed by atoms with Crippen LogP contribution in [0.5, 0.6) is 0 Å². The van der Waals surface area contributed by atoms with E-state index in [4.69, 9.17) is 0 Å². The highest BCUT2D eigenvalue weighted by Gasteiger charge is 2.30. The van der Waals surface area contributed by atoms with E-state index in [2.05, 4.69) is 22.8 Å². The maximum atomic E-state index is 11.2. The second-order valence-corrected chi connectivity index (χ2v) is 6.75. The quantitative estimate of drug-likeness (QED) is 0.539. The molecule has 0 saturated carbocycles. The largest absolute Gasteiger partial charge is 0.480 e. The zero-order valence-electron chi connectivity index (χ0n) is 10.9. The molecule has 0 saturated heterocycles. The van der Waals surface area contributed by atoms with Gasteiger partial charge in [-0.3, -0.25) is 4.79 Å². The SMILES string of the molecule is CCNC(C)(CCCCSc1cccs1)C(=O)O. The zero-order chi connectivity index (χ0) is 13.4. The summed E-state index contributed by atoms with van der Waals surface area (Å²) in [6.07, 6.45) is 2.67. The summed E-state index contributed by atoms with van der Waals surface area (Å²) < 4.78 is 1.34. The zero-order valence-corrected chi connectivity index (χ0v) is 12.6. The summed E-state index contributed by atoms with van der Waals surface area (Å²) in [5.41, 5.74) is -0.775. The van der Waals surface area contributed by atoms with Gasteiger partial charge in [-0.05, 0) is 43.5 Å². The molecule has 2 N–H and O–H groups in total. The molecule has 0 aliphatic heterocycles. The Labute approximate surface area is 117 Å². The molecule has 102 valence electrons. The minimum Gasteiger partial charge on any atom is -0.480 e. The first-order chi connectivity index (χ1) is 8.58. The molecule has 1 unspecified atom stereocenters. The highest BCUT2D eigenvalue weighted by molar-refractivity contribution is 8.01. The van der Waals surface area contributed by atoms with Crippen LogP contribution in [-0.2, 0) is 4.79 Å². The van der Waals surface area contributed by atoms with Gasteiger partial charge in [-0.15, -0.1) is 23.1 Å². The lowest BCUT2D eigenvalue weighted by molar-refractivity contribution is -0.144. The molecule has 0 amide bonds. The lowest BCUT2D eigenvalue weighted by atomic mass is 9.95. The minimum atomic E-state index is -0.775. The number of carboxylic acid groups (broad SMARTS) is 1. The third-order valence-corrected chi connectivity index (χ3v) is 5.07. The molecule has 0 aromatic carbocycles. The number of thiophene rings is 1. The van der Waals surface area contributed by atoms with Crippen molar-refractivity contribution in [2.45, 2.75) is 42.9 Å². The van der Waals surface area contributed by atoms with Crippen LogP contribution in [0.1, 0.15) is 33.1 Å². The van der Waals surface area contributed by atoms with E-state index in [1.807, 2.05) is 18.7 Å². The number of rotatable bonds is 9. The molecule has 1 heterocycles. The van der Waals surface area contributed by atoms with Gasteiger partial charge in [0, 0.05) is 0 Å². The third kappa shape index (κ3) is 5.00. The van der Waals surface area contributed by atoms with Crippen LogP contribution in [0.25, 0.3) is 0 Å². The van der Waals surface area contributed by atoms with E-state index >= 15 is 0 Å². The smallest absolute Gasteiger partial charge is 0.323 e. The van der Waals surface area contributed by atoms with Crippen LogP contribution in [0, 0.1) is 0 Å². The molecular weight excluding hydrogens is 266 g/mol. The molecule has 1 atom stereocenters. The van der Waals surface area contributed by atoms with Crippen LogP contribution in [0.15, 0.2) is 21.7 Å². The van der Waals surface area contributed by atoms with Crippen molar-refractivity contribution in [3.63, 3.8) is 0 Å². The second-order valence-electron chi connectivity index (χ2n) is 4.41. The van der Waals surface area contributed by atoms with Crippen molar-refractivity contribution in [3.05, 3.63) is 17.5 Å². The Morgan fingerprint density at radius 2 is 2.33 bits per heavy atom. The molecule has 0 fully saturated rings. The van der Waals surface area contributed by atoms with Crippen LogP contribution < -0.4 is 5.32 Å². The molecule has 0 aliphatic rings. The van der Waals surface area contributed by atoms with E-state index in [-0.39, 0.29) is 0 Å². The Morgan fingerprint density at radius 1 is 1.56 bits per heavy atom. The fourth-order valence-electron chi connectivity index (χ4n) is 1.76. The van der Waals surface area contributed by atoms with Crippen molar-refractivity contribution in [2.75, 3.05) is 12.3 Å². The maximum Gasteiger partial charge on any atom is 0.323 e. The Kier molecular flexibility index (Phi) is 6.75. The van der Waals surface area contributed by atoms with E-state index in [0.29, 0.717) is 13.0 Å². The Balaban J connectivity index is 2.21. The van der Waals surface area contributed by atoms with Gasteiger partial charge in [-0.1, -0.05) is 19.4 Å². The fourth-order valence-corrected chi connectivity index (χ4v) is 3.62. The molecule has 18 heavy (non-hydrogen) atoms. The lowest BCUT2D eigenvalue weighted by Gasteiger charge is -2.25. The number of hydrogen-bond donors (Lipinski definition) is 2. The van der Waals surface area contributed by atoms with Crippen molar-refractivity contribution in [1.29, 1.82) is 0 Å². The van der Waals surface area contributed by atoms with Crippen LogP contribution in [0.2, 0.25) is 0 Å². The van der Waals surface area contributed by atoms with Gasteiger partial charge in [0.2, 0.25) is 0 Å². The van der Waals surface area contributed by atoms with Crippen LogP contribution in [0.3, 0.4) is 0 Å². The number of hydrogen-bond acceptors (Lipinski definition) is 4. The summed E-state index contributed by atoms with van der Waals surface area (Å²) in [5.74, 6) is 0.303. The van der Waals surface area contributed by atoms with Crippen molar-refractivity contribution in [2.24, 2.45) is 0 Å². The second kappa shape index (κ2) is 7.81. The van der Waals surface area contributed by atoms with Gasteiger partial charge in [0.15, 0.2) is 0 Å². The average Bonchev–Trinajstić information content (AvgIpc) is 2.81. The molecule has 1 rings (SSSR count). The van der Waals surface area contributed by atoms with Crippen molar-refractivity contribution < 1.29 is 9.90 Å². The summed E-state index contributed by atoms with van der Waals surface area (Å²) in [4.78, 5) is 11.2. The third-order valence-electron chi connectivity index (χ3n) is 2.85. The van der Waals surface area contributed by atoms with Crippen LogP contribution in [0.4, 0.5) is 0 Å². The van der Waals surface area contributed by atoms with Crippen molar-refractivity contribution in [1.82, 2.24) is 5.32 Å². The normalized spacial score (nSPS) is 14.3. The highest BCUT2D eigenvalue weighted by Crippen LogP contribution is 2.25. The lowest BCUT2D eigenvalue weighted by Crippen LogP contribution is -2.49. The summed E-state index contributed by atoms with van der Waals surface area (Å²) in [7, 11) is 0. The van der Waals surface area contributed by atoms with Crippen LogP contribution in [-0.4, -0.2) is 28.9 Å². The van der Waals surface area contributed by atoms with Gasteiger partial charge >= 0.3 is 5.97 Å². The first-order valence-corrected chi connectivity index (χ1v) is 8.10. The Bertz CT molecular complexity index is 354. The van der Waals surface area contributed by atoms with Gasteiger partial charge in [0.25, 0.3) is 0 Å². The van der Waals surface area contributed by atoms with Crippen molar-refractivity contribution >= 4 is 29.1 Å². The van der Waals surface area contributed by atoms with E-state index in [1.54, 1.807) is 18.3 Å². The molecule has 3 nitrogen and oxygen atoms in total. The minimum absolute atomic E-state index is 0.682. The molecule has 0 spiro atoms.